The first-order valence-corrected chi connectivity index (χ1v) is 6.67. The third-order valence-electron chi connectivity index (χ3n) is 3.50. The lowest BCUT2D eigenvalue weighted by Gasteiger charge is -2.23. The Labute approximate surface area is 103 Å². The molecule has 2 amide bonds. The van der Waals surface area contributed by atoms with Crippen molar-refractivity contribution >= 4 is 6.03 Å². The Morgan fingerprint density at radius 1 is 1.24 bits per heavy atom. The van der Waals surface area contributed by atoms with Gasteiger partial charge in [-0.25, -0.2) is 4.79 Å². The van der Waals surface area contributed by atoms with Crippen LogP contribution in [0.5, 0.6) is 0 Å². The van der Waals surface area contributed by atoms with Gasteiger partial charge in [-0.15, -0.1) is 0 Å². The van der Waals surface area contributed by atoms with Crippen LogP contribution in [0.3, 0.4) is 0 Å². The molecular weight excluding hydrogens is 218 g/mol. The van der Waals surface area contributed by atoms with Crippen molar-refractivity contribution < 1.29 is 9.53 Å². The summed E-state index contributed by atoms with van der Waals surface area (Å²) < 4.78 is 5.26. The number of ether oxygens (including phenoxy) is 1. The average Bonchev–Trinajstić information content (AvgIpc) is 2.88. The number of hydrogen-bond acceptors (Lipinski definition) is 3. The lowest BCUT2D eigenvalue weighted by atomic mass is 10.1. The molecule has 2 fully saturated rings. The lowest BCUT2D eigenvalue weighted by Crippen LogP contribution is -2.47. The van der Waals surface area contributed by atoms with E-state index in [9.17, 15) is 4.79 Å². The van der Waals surface area contributed by atoms with Crippen LogP contribution in [0, 0.1) is 5.92 Å². The number of amides is 2. The van der Waals surface area contributed by atoms with Crippen LogP contribution in [0.4, 0.5) is 4.79 Å². The second kappa shape index (κ2) is 6.81. The summed E-state index contributed by atoms with van der Waals surface area (Å²) in [5, 5.41) is 9.24. The topological polar surface area (TPSA) is 62.4 Å². The van der Waals surface area contributed by atoms with E-state index in [2.05, 4.69) is 16.0 Å². The number of hydrogen-bond donors (Lipinski definition) is 3. The Kier molecular flexibility index (Phi) is 5.07. The van der Waals surface area contributed by atoms with E-state index in [1.165, 1.54) is 12.8 Å². The molecule has 2 unspecified atom stereocenters. The lowest BCUT2D eigenvalue weighted by molar-refractivity contribution is 0.185. The largest absolute Gasteiger partial charge is 0.381 e. The van der Waals surface area contributed by atoms with Crippen molar-refractivity contribution in [1.82, 2.24) is 16.0 Å². The molecule has 3 N–H and O–H groups in total. The molecule has 2 rings (SSSR count). The predicted octanol–water partition coefficient (Wildman–Crippen LogP) is 0.464. The SMILES string of the molecule is O=C(NCC1CCOC1)NCC1CCCCN1. The number of carbonyl (C=O) groups is 1. The Morgan fingerprint density at radius 2 is 2.12 bits per heavy atom. The minimum atomic E-state index is -0.0516. The van der Waals surface area contributed by atoms with E-state index >= 15 is 0 Å². The average molecular weight is 241 g/mol. The number of rotatable bonds is 4. The Hall–Kier alpha value is -0.810. The third kappa shape index (κ3) is 4.52. The minimum Gasteiger partial charge on any atom is -0.381 e. The van der Waals surface area contributed by atoms with Crippen molar-refractivity contribution in [2.24, 2.45) is 5.92 Å². The molecule has 17 heavy (non-hydrogen) atoms. The fraction of sp³-hybridized carbons (Fsp3) is 0.917. The first-order valence-electron chi connectivity index (χ1n) is 6.67. The molecule has 0 aromatic heterocycles. The van der Waals surface area contributed by atoms with E-state index in [0.29, 0.717) is 12.0 Å². The van der Waals surface area contributed by atoms with Crippen LogP contribution in [0.15, 0.2) is 0 Å². The maximum absolute atomic E-state index is 11.6. The number of piperidine rings is 1. The summed E-state index contributed by atoms with van der Waals surface area (Å²) in [7, 11) is 0. The second-order valence-corrected chi connectivity index (χ2v) is 4.97. The molecule has 0 aromatic rings. The van der Waals surface area contributed by atoms with Gasteiger partial charge in [-0.3, -0.25) is 0 Å². The van der Waals surface area contributed by atoms with Crippen LogP contribution in [0.1, 0.15) is 25.7 Å². The van der Waals surface area contributed by atoms with Crippen LogP contribution in [-0.4, -0.2) is 44.9 Å². The zero-order valence-electron chi connectivity index (χ0n) is 10.3. The van der Waals surface area contributed by atoms with Gasteiger partial charge in [0.1, 0.15) is 0 Å². The van der Waals surface area contributed by atoms with Crippen LogP contribution >= 0.6 is 0 Å². The molecule has 0 aliphatic carbocycles. The highest BCUT2D eigenvalue weighted by Crippen LogP contribution is 2.10. The fourth-order valence-electron chi connectivity index (χ4n) is 2.36. The number of urea groups is 1. The molecule has 5 heteroatoms. The number of carbonyl (C=O) groups excluding carboxylic acids is 1. The summed E-state index contributed by atoms with van der Waals surface area (Å²) in [6.45, 7) is 4.15. The Morgan fingerprint density at radius 3 is 2.82 bits per heavy atom. The predicted molar refractivity (Wildman–Crippen MR) is 66.0 cm³/mol. The maximum atomic E-state index is 11.6. The quantitative estimate of drug-likeness (QED) is 0.670. The monoisotopic (exact) mass is 241 g/mol. The van der Waals surface area contributed by atoms with Crippen molar-refractivity contribution in [2.75, 3.05) is 32.8 Å². The zero-order chi connectivity index (χ0) is 11.9. The van der Waals surface area contributed by atoms with Gasteiger partial charge < -0.3 is 20.7 Å². The molecule has 2 atom stereocenters. The van der Waals surface area contributed by atoms with Crippen LogP contribution in [-0.2, 0) is 4.74 Å². The van der Waals surface area contributed by atoms with Gasteiger partial charge in [0.05, 0.1) is 6.61 Å². The van der Waals surface area contributed by atoms with Crippen LogP contribution in [0.2, 0.25) is 0 Å². The highest BCUT2D eigenvalue weighted by Gasteiger charge is 2.17. The maximum Gasteiger partial charge on any atom is 0.314 e. The second-order valence-electron chi connectivity index (χ2n) is 4.97. The zero-order valence-corrected chi connectivity index (χ0v) is 10.3. The van der Waals surface area contributed by atoms with Gasteiger partial charge in [-0.1, -0.05) is 6.42 Å². The molecule has 0 radical (unpaired) electrons. The summed E-state index contributed by atoms with van der Waals surface area (Å²) in [5.41, 5.74) is 0. The molecule has 2 aliphatic heterocycles. The standard InChI is InChI=1S/C12H23N3O2/c16-12(14-7-10-4-6-17-9-10)15-8-11-3-1-2-5-13-11/h10-11,13H,1-9H2,(H2,14,15,16). The smallest absolute Gasteiger partial charge is 0.314 e. The van der Waals surface area contributed by atoms with Crippen molar-refractivity contribution in [3.05, 3.63) is 0 Å². The molecular formula is C12H23N3O2. The molecule has 2 heterocycles. The third-order valence-corrected chi connectivity index (χ3v) is 3.50. The van der Waals surface area contributed by atoms with Gasteiger partial charge >= 0.3 is 6.03 Å². The Balaban J connectivity index is 1.53. The molecule has 0 bridgehead atoms. The Bertz CT molecular complexity index is 236. The highest BCUT2D eigenvalue weighted by molar-refractivity contribution is 5.73. The summed E-state index contributed by atoms with van der Waals surface area (Å²) >= 11 is 0. The summed E-state index contributed by atoms with van der Waals surface area (Å²) in [5.74, 6) is 0.494. The van der Waals surface area contributed by atoms with Crippen molar-refractivity contribution in [2.45, 2.75) is 31.7 Å². The fourth-order valence-corrected chi connectivity index (χ4v) is 2.36. The molecule has 2 aliphatic rings. The van der Waals surface area contributed by atoms with Crippen LogP contribution < -0.4 is 16.0 Å². The van der Waals surface area contributed by atoms with E-state index in [4.69, 9.17) is 4.74 Å². The molecule has 2 saturated heterocycles. The number of nitrogens with one attached hydrogen (secondary N) is 3. The van der Waals surface area contributed by atoms with E-state index in [1.54, 1.807) is 0 Å². The van der Waals surface area contributed by atoms with E-state index in [0.717, 1.165) is 45.7 Å². The van der Waals surface area contributed by atoms with Crippen LogP contribution in [0.25, 0.3) is 0 Å². The normalized spacial score (nSPS) is 28.9. The first kappa shape index (κ1) is 12.6. The summed E-state index contributed by atoms with van der Waals surface area (Å²) in [6.07, 6.45) is 4.74. The van der Waals surface area contributed by atoms with Crippen molar-refractivity contribution in [3.8, 4) is 0 Å². The minimum absolute atomic E-state index is 0.0516. The van der Waals surface area contributed by atoms with Crippen molar-refractivity contribution in [1.29, 1.82) is 0 Å². The van der Waals surface area contributed by atoms with Gasteiger partial charge in [0.2, 0.25) is 0 Å². The molecule has 0 spiro atoms. The molecule has 0 aromatic carbocycles. The van der Waals surface area contributed by atoms with Gasteiger partial charge in [-0.05, 0) is 25.8 Å². The van der Waals surface area contributed by atoms with Gasteiger partial charge in [0, 0.05) is 31.7 Å². The summed E-state index contributed by atoms with van der Waals surface area (Å²) in [6, 6.07) is 0.397. The van der Waals surface area contributed by atoms with E-state index in [-0.39, 0.29) is 6.03 Å². The van der Waals surface area contributed by atoms with E-state index in [1.807, 2.05) is 0 Å². The highest BCUT2D eigenvalue weighted by atomic mass is 16.5. The summed E-state index contributed by atoms with van der Waals surface area (Å²) in [4.78, 5) is 11.6. The first-order chi connectivity index (χ1) is 8.34. The molecule has 5 nitrogen and oxygen atoms in total. The van der Waals surface area contributed by atoms with E-state index < -0.39 is 0 Å². The van der Waals surface area contributed by atoms with Gasteiger partial charge in [-0.2, -0.15) is 0 Å². The van der Waals surface area contributed by atoms with Crippen molar-refractivity contribution in [3.63, 3.8) is 0 Å². The molecule has 98 valence electrons. The van der Waals surface area contributed by atoms with Gasteiger partial charge in [0.25, 0.3) is 0 Å². The van der Waals surface area contributed by atoms with Gasteiger partial charge in [0.15, 0.2) is 0 Å². The molecule has 0 saturated carbocycles.